The third-order valence-electron chi connectivity index (χ3n) is 3.87. The van der Waals surface area contributed by atoms with Gasteiger partial charge in [0.1, 0.15) is 17.2 Å². The Morgan fingerprint density at radius 1 is 1.12 bits per heavy atom. The molecule has 0 aliphatic rings. The summed E-state index contributed by atoms with van der Waals surface area (Å²) in [6.07, 6.45) is -4.80. The first kappa shape index (κ1) is 17.7. The van der Waals surface area contributed by atoms with Gasteiger partial charge in [-0.05, 0) is 31.2 Å². The molecule has 26 heavy (non-hydrogen) atoms. The van der Waals surface area contributed by atoms with Crippen molar-refractivity contribution in [2.24, 2.45) is 0 Å². The van der Waals surface area contributed by atoms with Crippen LogP contribution in [0.5, 0.6) is 17.2 Å². The quantitative estimate of drug-likeness (QED) is 0.676. The second kappa shape index (κ2) is 6.29. The lowest BCUT2D eigenvalue weighted by molar-refractivity contribution is -0.274. The summed E-state index contributed by atoms with van der Waals surface area (Å²) in [7, 11) is 1.43. The fourth-order valence-corrected chi connectivity index (χ4v) is 2.77. The molecule has 0 spiro atoms. The molecule has 3 aromatic rings. The van der Waals surface area contributed by atoms with Crippen molar-refractivity contribution in [1.29, 1.82) is 0 Å². The van der Waals surface area contributed by atoms with Gasteiger partial charge in [-0.3, -0.25) is 4.79 Å². The van der Waals surface area contributed by atoms with Crippen molar-refractivity contribution in [1.82, 2.24) is 4.98 Å². The lowest BCUT2D eigenvalue weighted by Gasteiger charge is -2.09. The van der Waals surface area contributed by atoms with Crippen molar-refractivity contribution in [3.63, 3.8) is 0 Å². The van der Waals surface area contributed by atoms with E-state index in [0.29, 0.717) is 22.3 Å². The van der Waals surface area contributed by atoms with Crippen molar-refractivity contribution >= 4 is 16.7 Å². The Morgan fingerprint density at radius 2 is 1.81 bits per heavy atom. The minimum Gasteiger partial charge on any atom is -0.507 e. The van der Waals surface area contributed by atoms with Crippen LogP contribution in [0.2, 0.25) is 0 Å². The van der Waals surface area contributed by atoms with Gasteiger partial charge in [0.05, 0.1) is 23.8 Å². The molecule has 1 aromatic heterocycles. The molecule has 0 atom stereocenters. The van der Waals surface area contributed by atoms with E-state index in [4.69, 9.17) is 4.74 Å². The summed E-state index contributed by atoms with van der Waals surface area (Å²) in [6, 6.07) is 7.94. The number of H-pyrrole nitrogens is 1. The molecule has 3 rings (SSSR count). The van der Waals surface area contributed by atoms with Gasteiger partial charge in [-0.2, -0.15) is 0 Å². The molecule has 0 fully saturated rings. The molecule has 0 saturated heterocycles. The average Bonchev–Trinajstić information content (AvgIpc) is 2.87. The maximum atomic E-state index is 12.8. The van der Waals surface area contributed by atoms with E-state index in [1.165, 1.54) is 37.4 Å². The van der Waals surface area contributed by atoms with E-state index in [0.717, 1.165) is 6.07 Å². The van der Waals surface area contributed by atoms with Gasteiger partial charge in [0.2, 0.25) is 0 Å². The summed E-state index contributed by atoms with van der Waals surface area (Å²) in [5.41, 5.74) is 1.11. The minimum absolute atomic E-state index is 0.0606. The number of aromatic hydroxyl groups is 1. The van der Waals surface area contributed by atoms with Gasteiger partial charge in [-0.25, -0.2) is 0 Å². The van der Waals surface area contributed by atoms with Crippen LogP contribution in [0.25, 0.3) is 10.9 Å². The zero-order valence-electron chi connectivity index (χ0n) is 13.8. The van der Waals surface area contributed by atoms with Crippen molar-refractivity contribution < 1.29 is 32.5 Å². The number of phenols is 1. The van der Waals surface area contributed by atoms with E-state index in [2.05, 4.69) is 9.72 Å². The average molecular weight is 365 g/mol. The molecule has 0 saturated carbocycles. The second-order valence-electron chi connectivity index (χ2n) is 5.59. The minimum atomic E-state index is -4.80. The van der Waals surface area contributed by atoms with Crippen LogP contribution in [-0.4, -0.2) is 29.3 Å². The van der Waals surface area contributed by atoms with Gasteiger partial charge in [0.25, 0.3) is 0 Å². The molecule has 1 heterocycles. The Hall–Kier alpha value is -3.16. The fourth-order valence-electron chi connectivity index (χ4n) is 2.77. The molecule has 0 aliphatic carbocycles. The van der Waals surface area contributed by atoms with E-state index in [9.17, 15) is 23.1 Å². The normalized spacial score (nSPS) is 11.6. The number of hydrogen-bond donors (Lipinski definition) is 2. The Kier molecular flexibility index (Phi) is 4.27. The molecule has 136 valence electrons. The zero-order valence-corrected chi connectivity index (χ0v) is 13.8. The highest BCUT2D eigenvalue weighted by atomic mass is 19.4. The number of aryl methyl sites for hydroxylation is 1. The molecule has 2 N–H and O–H groups in total. The molecule has 2 aromatic carbocycles. The first-order valence-electron chi connectivity index (χ1n) is 7.49. The standard InChI is InChI=1S/C18H14F3NO4/c1-9-16(17(24)13-6-3-10(25-2)8-15(13)23)12-5-4-11(7-14(12)22-9)26-18(19,20)21/h3-8,22-23H,1-2H3. The van der Waals surface area contributed by atoms with E-state index >= 15 is 0 Å². The number of carbonyl (C=O) groups is 1. The molecule has 0 unspecified atom stereocenters. The number of ketones is 1. The number of hydrogen-bond acceptors (Lipinski definition) is 4. The predicted molar refractivity (Wildman–Crippen MR) is 87.8 cm³/mol. The maximum absolute atomic E-state index is 12.8. The molecular weight excluding hydrogens is 351 g/mol. The number of rotatable bonds is 4. The number of halogens is 3. The van der Waals surface area contributed by atoms with E-state index in [1.807, 2.05) is 0 Å². The number of phenolic OH excluding ortho intramolecular Hbond substituents is 1. The second-order valence-corrected chi connectivity index (χ2v) is 5.59. The molecule has 0 aliphatic heterocycles. The molecule has 0 amide bonds. The molecule has 0 radical (unpaired) electrons. The van der Waals surface area contributed by atoms with Crippen molar-refractivity contribution in [2.45, 2.75) is 13.3 Å². The van der Waals surface area contributed by atoms with Crippen LogP contribution in [0.15, 0.2) is 36.4 Å². The van der Waals surface area contributed by atoms with Crippen LogP contribution in [-0.2, 0) is 0 Å². The zero-order chi connectivity index (χ0) is 19.1. The summed E-state index contributed by atoms with van der Waals surface area (Å²) in [4.78, 5) is 15.7. The van der Waals surface area contributed by atoms with Crippen LogP contribution in [0.4, 0.5) is 13.2 Å². The van der Waals surface area contributed by atoms with Crippen LogP contribution in [0.1, 0.15) is 21.6 Å². The van der Waals surface area contributed by atoms with Gasteiger partial charge in [-0.1, -0.05) is 0 Å². The molecular formula is C18H14F3NO4. The fraction of sp³-hybridized carbons (Fsp3) is 0.167. The number of nitrogens with one attached hydrogen (secondary N) is 1. The number of aromatic nitrogens is 1. The monoisotopic (exact) mass is 365 g/mol. The Balaban J connectivity index is 2.05. The number of fused-ring (bicyclic) bond motifs is 1. The summed E-state index contributed by atoms with van der Waals surface area (Å²) < 4.78 is 45.9. The SMILES string of the molecule is COc1ccc(C(=O)c2c(C)[nH]c3cc(OC(F)(F)F)ccc23)c(O)c1. The van der Waals surface area contributed by atoms with Crippen molar-refractivity contribution in [2.75, 3.05) is 7.11 Å². The van der Waals surface area contributed by atoms with Gasteiger partial charge in [0.15, 0.2) is 5.78 Å². The largest absolute Gasteiger partial charge is 0.573 e. The van der Waals surface area contributed by atoms with Gasteiger partial charge in [-0.15, -0.1) is 13.2 Å². The summed E-state index contributed by atoms with van der Waals surface area (Å²) in [5.74, 6) is -0.709. The highest BCUT2D eigenvalue weighted by Gasteiger charge is 2.31. The number of ether oxygens (including phenoxy) is 2. The lowest BCUT2D eigenvalue weighted by atomic mass is 9.99. The number of methoxy groups -OCH3 is 1. The lowest BCUT2D eigenvalue weighted by Crippen LogP contribution is -2.16. The summed E-state index contributed by atoms with van der Waals surface area (Å²) in [6.45, 7) is 1.62. The smallest absolute Gasteiger partial charge is 0.507 e. The van der Waals surface area contributed by atoms with Gasteiger partial charge < -0.3 is 19.6 Å². The number of alkyl halides is 3. The van der Waals surface area contributed by atoms with Crippen LogP contribution < -0.4 is 9.47 Å². The number of benzene rings is 2. The third kappa shape index (κ3) is 3.30. The van der Waals surface area contributed by atoms with Gasteiger partial charge >= 0.3 is 6.36 Å². The predicted octanol–water partition coefficient (Wildman–Crippen LogP) is 4.32. The van der Waals surface area contributed by atoms with E-state index in [1.54, 1.807) is 6.92 Å². The van der Waals surface area contributed by atoms with E-state index in [-0.39, 0.29) is 16.9 Å². The van der Waals surface area contributed by atoms with Crippen LogP contribution >= 0.6 is 0 Å². The van der Waals surface area contributed by atoms with Crippen molar-refractivity contribution in [3.8, 4) is 17.2 Å². The first-order valence-corrected chi connectivity index (χ1v) is 7.49. The molecule has 0 bridgehead atoms. The van der Waals surface area contributed by atoms with E-state index < -0.39 is 17.9 Å². The van der Waals surface area contributed by atoms with Crippen LogP contribution in [0.3, 0.4) is 0 Å². The summed E-state index contributed by atoms with van der Waals surface area (Å²) >= 11 is 0. The Morgan fingerprint density at radius 3 is 2.42 bits per heavy atom. The molecule has 8 heteroatoms. The maximum Gasteiger partial charge on any atom is 0.573 e. The van der Waals surface area contributed by atoms with Crippen molar-refractivity contribution in [3.05, 3.63) is 53.2 Å². The first-order chi connectivity index (χ1) is 12.2. The Labute approximate surface area is 146 Å². The highest BCUT2D eigenvalue weighted by molar-refractivity contribution is 6.18. The topological polar surface area (TPSA) is 71.6 Å². The van der Waals surface area contributed by atoms with Crippen LogP contribution in [0, 0.1) is 6.92 Å². The third-order valence-corrected chi connectivity index (χ3v) is 3.87. The Bertz CT molecular complexity index is 992. The molecule has 5 nitrogen and oxygen atoms in total. The highest BCUT2D eigenvalue weighted by Crippen LogP contribution is 2.32. The van der Waals surface area contributed by atoms with Gasteiger partial charge in [0, 0.05) is 23.2 Å². The number of aromatic amines is 1. The number of carbonyl (C=O) groups excluding carboxylic acids is 1. The summed E-state index contributed by atoms with van der Waals surface area (Å²) in [5, 5.41) is 10.5.